The summed E-state index contributed by atoms with van der Waals surface area (Å²) in [5, 5.41) is 3.26. The zero-order valence-electron chi connectivity index (χ0n) is 11.6. The highest BCUT2D eigenvalue weighted by molar-refractivity contribution is 7.09. The van der Waals surface area contributed by atoms with Crippen LogP contribution in [0.5, 0.6) is 0 Å². The third kappa shape index (κ3) is 5.03. The molecule has 0 bridgehead atoms. The van der Waals surface area contributed by atoms with Crippen LogP contribution in [0, 0.1) is 0 Å². The summed E-state index contributed by atoms with van der Waals surface area (Å²) < 4.78 is 5.86. The molecule has 1 atom stereocenters. The van der Waals surface area contributed by atoms with Crippen LogP contribution in [0.1, 0.15) is 36.9 Å². The molecular formula is C14H23ClN2OS. The SMILES string of the molecule is CCCOC1CCCN(CCc2nc(CCl)cs2)C1. The lowest BCUT2D eigenvalue weighted by molar-refractivity contribution is 0.000321. The van der Waals surface area contributed by atoms with Crippen molar-refractivity contribution in [1.29, 1.82) is 0 Å². The maximum atomic E-state index is 5.86. The fourth-order valence-corrected chi connectivity index (χ4v) is 3.43. The Kier molecular flexibility index (Phi) is 6.57. The Morgan fingerprint density at radius 2 is 2.47 bits per heavy atom. The third-order valence-electron chi connectivity index (χ3n) is 3.40. The van der Waals surface area contributed by atoms with E-state index in [1.165, 1.54) is 24.4 Å². The minimum atomic E-state index is 0.434. The van der Waals surface area contributed by atoms with Crippen LogP contribution in [-0.4, -0.2) is 42.2 Å². The number of rotatable bonds is 7. The van der Waals surface area contributed by atoms with Gasteiger partial charge in [-0.25, -0.2) is 4.98 Å². The van der Waals surface area contributed by atoms with E-state index in [0.29, 0.717) is 12.0 Å². The van der Waals surface area contributed by atoms with Gasteiger partial charge in [-0.15, -0.1) is 22.9 Å². The van der Waals surface area contributed by atoms with E-state index in [9.17, 15) is 0 Å². The highest BCUT2D eigenvalue weighted by Crippen LogP contribution is 2.16. The minimum Gasteiger partial charge on any atom is -0.377 e. The number of hydrogen-bond donors (Lipinski definition) is 0. The molecule has 1 fully saturated rings. The quantitative estimate of drug-likeness (QED) is 0.723. The predicted octanol–water partition coefficient (Wildman–Crippen LogP) is 3.32. The van der Waals surface area contributed by atoms with Gasteiger partial charge in [0.15, 0.2) is 0 Å². The summed E-state index contributed by atoms with van der Waals surface area (Å²) in [6, 6.07) is 0. The van der Waals surface area contributed by atoms with E-state index in [2.05, 4.69) is 22.2 Å². The van der Waals surface area contributed by atoms with Gasteiger partial charge in [0, 0.05) is 31.5 Å². The molecule has 1 unspecified atom stereocenters. The first kappa shape index (κ1) is 15.2. The van der Waals surface area contributed by atoms with Crippen molar-refractivity contribution in [3.63, 3.8) is 0 Å². The summed E-state index contributed by atoms with van der Waals surface area (Å²) >= 11 is 7.50. The molecule has 0 N–H and O–H groups in total. The molecule has 2 rings (SSSR count). The highest BCUT2D eigenvalue weighted by atomic mass is 35.5. The molecular weight excluding hydrogens is 280 g/mol. The van der Waals surface area contributed by atoms with E-state index in [-0.39, 0.29) is 0 Å². The predicted molar refractivity (Wildman–Crippen MR) is 81.1 cm³/mol. The average molecular weight is 303 g/mol. The van der Waals surface area contributed by atoms with Gasteiger partial charge in [-0.05, 0) is 25.8 Å². The van der Waals surface area contributed by atoms with Crippen LogP contribution in [0.25, 0.3) is 0 Å². The monoisotopic (exact) mass is 302 g/mol. The van der Waals surface area contributed by atoms with E-state index in [4.69, 9.17) is 16.3 Å². The Morgan fingerprint density at radius 1 is 1.58 bits per heavy atom. The van der Waals surface area contributed by atoms with Gasteiger partial charge in [-0.2, -0.15) is 0 Å². The van der Waals surface area contributed by atoms with Crippen LogP contribution >= 0.6 is 22.9 Å². The second-order valence-corrected chi connectivity index (χ2v) is 6.26. The second kappa shape index (κ2) is 8.20. The minimum absolute atomic E-state index is 0.434. The lowest BCUT2D eigenvalue weighted by Crippen LogP contribution is -2.40. The Morgan fingerprint density at radius 3 is 3.21 bits per heavy atom. The normalized spacial score (nSPS) is 20.8. The molecule has 5 heteroatoms. The van der Waals surface area contributed by atoms with Gasteiger partial charge in [0.1, 0.15) is 0 Å². The molecule has 2 heterocycles. The fourth-order valence-electron chi connectivity index (χ4n) is 2.42. The number of likely N-dealkylation sites (tertiary alicyclic amines) is 1. The third-order valence-corrected chi connectivity index (χ3v) is 4.63. The number of ether oxygens (including phenoxy) is 1. The zero-order chi connectivity index (χ0) is 13.5. The van der Waals surface area contributed by atoms with Crippen LogP contribution < -0.4 is 0 Å². The molecule has 0 aromatic carbocycles. The van der Waals surface area contributed by atoms with Crippen molar-refractivity contribution in [1.82, 2.24) is 9.88 Å². The van der Waals surface area contributed by atoms with Crippen molar-refractivity contribution < 1.29 is 4.74 Å². The van der Waals surface area contributed by atoms with E-state index in [1.807, 2.05) is 0 Å². The maximum Gasteiger partial charge on any atom is 0.0941 e. The molecule has 1 aliphatic rings. The van der Waals surface area contributed by atoms with E-state index in [1.54, 1.807) is 11.3 Å². The van der Waals surface area contributed by atoms with Crippen LogP contribution in [0.3, 0.4) is 0 Å². The number of piperidine rings is 1. The van der Waals surface area contributed by atoms with Crippen LogP contribution in [0.2, 0.25) is 0 Å². The van der Waals surface area contributed by atoms with Gasteiger partial charge >= 0.3 is 0 Å². The van der Waals surface area contributed by atoms with Crippen LogP contribution in [-0.2, 0) is 17.0 Å². The first-order chi connectivity index (χ1) is 9.31. The Bertz CT molecular complexity index is 372. The van der Waals surface area contributed by atoms with Gasteiger partial charge in [0.2, 0.25) is 0 Å². The van der Waals surface area contributed by atoms with Crippen molar-refractivity contribution in [2.45, 2.75) is 44.6 Å². The van der Waals surface area contributed by atoms with E-state index in [0.717, 1.165) is 38.2 Å². The maximum absolute atomic E-state index is 5.86. The number of nitrogens with zero attached hydrogens (tertiary/aromatic N) is 2. The summed E-state index contributed by atoms with van der Waals surface area (Å²) in [4.78, 5) is 7.02. The average Bonchev–Trinajstić information content (AvgIpc) is 2.91. The van der Waals surface area contributed by atoms with Gasteiger partial charge in [-0.3, -0.25) is 0 Å². The summed E-state index contributed by atoms with van der Waals surface area (Å²) in [7, 11) is 0. The summed E-state index contributed by atoms with van der Waals surface area (Å²) in [6.45, 7) is 6.41. The first-order valence-corrected chi connectivity index (χ1v) is 8.56. The van der Waals surface area contributed by atoms with Gasteiger partial charge < -0.3 is 9.64 Å². The first-order valence-electron chi connectivity index (χ1n) is 7.15. The zero-order valence-corrected chi connectivity index (χ0v) is 13.2. The second-order valence-electron chi connectivity index (χ2n) is 5.05. The Balaban J connectivity index is 1.72. The largest absolute Gasteiger partial charge is 0.377 e. The Hall–Kier alpha value is -0.160. The van der Waals surface area contributed by atoms with Crippen LogP contribution in [0.4, 0.5) is 0 Å². The summed E-state index contributed by atoms with van der Waals surface area (Å²) in [5.74, 6) is 0.521. The summed E-state index contributed by atoms with van der Waals surface area (Å²) in [6.07, 6.45) is 5.03. The van der Waals surface area contributed by atoms with Crippen LogP contribution in [0.15, 0.2) is 5.38 Å². The molecule has 3 nitrogen and oxygen atoms in total. The molecule has 0 radical (unpaired) electrons. The van der Waals surface area contributed by atoms with Crippen molar-refractivity contribution in [2.75, 3.05) is 26.2 Å². The van der Waals surface area contributed by atoms with Gasteiger partial charge in [0.05, 0.1) is 22.7 Å². The van der Waals surface area contributed by atoms with Crippen molar-refractivity contribution in [3.05, 3.63) is 16.1 Å². The lowest BCUT2D eigenvalue weighted by atomic mass is 10.1. The number of hydrogen-bond acceptors (Lipinski definition) is 4. The Labute approximate surface area is 124 Å². The molecule has 0 amide bonds. The van der Waals surface area contributed by atoms with Crippen molar-refractivity contribution in [3.8, 4) is 0 Å². The van der Waals surface area contributed by atoms with Gasteiger partial charge in [0.25, 0.3) is 0 Å². The molecule has 0 aliphatic carbocycles. The van der Waals surface area contributed by atoms with Crippen molar-refractivity contribution in [2.24, 2.45) is 0 Å². The fraction of sp³-hybridized carbons (Fsp3) is 0.786. The molecule has 1 aliphatic heterocycles. The molecule has 1 saturated heterocycles. The molecule has 1 aromatic heterocycles. The smallest absolute Gasteiger partial charge is 0.0941 e. The molecule has 1 aromatic rings. The number of halogens is 1. The standard InChI is InChI=1S/C14H23ClN2OS/c1-2-8-18-13-4-3-6-17(10-13)7-5-14-16-12(9-15)11-19-14/h11,13H,2-10H2,1H3. The topological polar surface area (TPSA) is 25.4 Å². The summed E-state index contributed by atoms with van der Waals surface area (Å²) in [5.41, 5.74) is 1.00. The van der Waals surface area contributed by atoms with Gasteiger partial charge in [-0.1, -0.05) is 6.92 Å². The molecule has 19 heavy (non-hydrogen) atoms. The van der Waals surface area contributed by atoms with Crippen molar-refractivity contribution >= 4 is 22.9 Å². The number of alkyl halides is 1. The molecule has 0 spiro atoms. The molecule has 0 saturated carbocycles. The number of thiazole rings is 1. The molecule has 108 valence electrons. The highest BCUT2D eigenvalue weighted by Gasteiger charge is 2.20. The number of aromatic nitrogens is 1. The van der Waals surface area contributed by atoms with E-state index >= 15 is 0 Å². The van der Waals surface area contributed by atoms with E-state index < -0.39 is 0 Å². The lowest BCUT2D eigenvalue weighted by Gasteiger charge is -2.32.